The number of hydrogen-bond acceptors (Lipinski definition) is 3. The van der Waals surface area contributed by atoms with E-state index in [2.05, 4.69) is 4.98 Å². The minimum absolute atomic E-state index is 0.170. The zero-order valence-electron chi connectivity index (χ0n) is 6.21. The second-order valence-corrected chi connectivity index (χ2v) is 2.75. The van der Waals surface area contributed by atoms with Gasteiger partial charge in [0.1, 0.15) is 5.15 Å². The summed E-state index contributed by atoms with van der Waals surface area (Å²) in [5, 5.41) is 0.389. The van der Waals surface area contributed by atoms with Crippen LogP contribution in [0.25, 0.3) is 0 Å². The fourth-order valence-corrected chi connectivity index (χ4v) is 1.25. The van der Waals surface area contributed by atoms with Gasteiger partial charge in [-0.2, -0.15) is 0 Å². The van der Waals surface area contributed by atoms with Crippen LogP contribution in [-0.4, -0.2) is 4.98 Å². The molecule has 0 saturated heterocycles. The Hall–Kier alpha value is -0.800. The minimum atomic E-state index is -0.170. The van der Waals surface area contributed by atoms with Gasteiger partial charge in [-0.3, -0.25) is 0 Å². The third-order valence-electron chi connectivity index (χ3n) is 1.43. The molecule has 60 valence electrons. The molecule has 1 aromatic heterocycles. The fraction of sp³-hybridized carbons (Fsp3) is 0.286. The lowest BCUT2D eigenvalue weighted by Gasteiger charge is -2.09. The number of nitrogen functional groups attached to an aromatic ring is 1. The molecule has 1 heterocycles. The summed E-state index contributed by atoms with van der Waals surface area (Å²) < 4.78 is 0. The molecule has 1 rings (SSSR count). The van der Waals surface area contributed by atoms with Crippen molar-refractivity contribution in [3.63, 3.8) is 0 Å². The Labute approximate surface area is 70.4 Å². The average Bonchev–Trinajstić information content (AvgIpc) is 1.85. The first-order valence-corrected chi connectivity index (χ1v) is 3.66. The summed E-state index contributed by atoms with van der Waals surface area (Å²) >= 11 is 5.75. The Morgan fingerprint density at radius 2 is 2.27 bits per heavy atom. The molecule has 1 aromatic rings. The van der Waals surface area contributed by atoms with Crippen LogP contribution in [0.15, 0.2) is 12.3 Å². The van der Waals surface area contributed by atoms with E-state index in [0.717, 1.165) is 0 Å². The number of halogens is 1. The third-order valence-corrected chi connectivity index (χ3v) is 1.73. The number of aromatic nitrogens is 1. The van der Waals surface area contributed by atoms with Crippen molar-refractivity contribution in [2.75, 3.05) is 5.73 Å². The number of nitrogens with two attached hydrogens (primary N) is 2. The molecule has 0 aliphatic heterocycles. The lowest BCUT2D eigenvalue weighted by atomic mass is 10.1. The van der Waals surface area contributed by atoms with E-state index in [4.69, 9.17) is 23.1 Å². The average molecular weight is 172 g/mol. The van der Waals surface area contributed by atoms with E-state index < -0.39 is 0 Å². The van der Waals surface area contributed by atoms with E-state index in [1.54, 1.807) is 12.3 Å². The maximum absolute atomic E-state index is 5.75. The standard InChI is InChI=1S/C7H10ClN3/c1-4(9)6-5(10)2-3-11-7(6)8/h2-4H,9H2,1H3,(H2,10,11)/t4-/m1/s1. The molecule has 11 heavy (non-hydrogen) atoms. The Morgan fingerprint density at radius 1 is 1.64 bits per heavy atom. The Kier molecular flexibility index (Phi) is 2.31. The topological polar surface area (TPSA) is 64.9 Å². The van der Waals surface area contributed by atoms with Gasteiger partial charge in [0.25, 0.3) is 0 Å². The van der Waals surface area contributed by atoms with Crippen molar-refractivity contribution in [3.8, 4) is 0 Å². The minimum Gasteiger partial charge on any atom is -0.398 e. The summed E-state index contributed by atoms with van der Waals surface area (Å²) in [5.74, 6) is 0. The van der Waals surface area contributed by atoms with E-state index in [9.17, 15) is 0 Å². The highest BCUT2D eigenvalue weighted by Gasteiger charge is 2.08. The predicted octanol–water partition coefficient (Wildman–Crippen LogP) is 1.34. The van der Waals surface area contributed by atoms with Crippen LogP contribution in [0.5, 0.6) is 0 Å². The van der Waals surface area contributed by atoms with Crippen molar-refractivity contribution in [2.45, 2.75) is 13.0 Å². The lowest BCUT2D eigenvalue weighted by Crippen LogP contribution is -2.09. The quantitative estimate of drug-likeness (QED) is 0.627. The second kappa shape index (κ2) is 3.07. The lowest BCUT2D eigenvalue weighted by molar-refractivity contribution is 0.815. The molecule has 0 aliphatic carbocycles. The smallest absolute Gasteiger partial charge is 0.135 e. The van der Waals surface area contributed by atoms with Gasteiger partial charge in [0, 0.05) is 23.5 Å². The second-order valence-electron chi connectivity index (χ2n) is 2.39. The van der Waals surface area contributed by atoms with Gasteiger partial charge in [-0.05, 0) is 13.0 Å². The molecule has 0 saturated carbocycles. The number of rotatable bonds is 1. The van der Waals surface area contributed by atoms with Crippen molar-refractivity contribution >= 4 is 17.3 Å². The number of pyridine rings is 1. The molecule has 4 N–H and O–H groups in total. The maximum atomic E-state index is 5.75. The molecule has 0 aromatic carbocycles. The number of hydrogen-bond donors (Lipinski definition) is 2. The van der Waals surface area contributed by atoms with Gasteiger partial charge >= 0.3 is 0 Å². The van der Waals surface area contributed by atoms with E-state index in [1.807, 2.05) is 6.92 Å². The van der Waals surface area contributed by atoms with Gasteiger partial charge in [0.2, 0.25) is 0 Å². The first kappa shape index (κ1) is 8.30. The summed E-state index contributed by atoms with van der Waals surface area (Å²) in [5.41, 5.74) is 12.5. The summed E-state index contributed by atoms with van der Waals surface area (Å²) in [6.45, 7) is 1.82. The largest absolute Gasteiger partial charge is 0.398 e. The summed E-state index contributed by atoms with van der Waals surface area (Å²) in [4.78, 5) is 3.87. The zero-order valence-corrected chi connectivity index (χ0v) is 6.97. The van der Waals surface area contributed by atoms with Gasteiger partial charge in [-0.1, -0.05) is 11.6 Å². The van der Waals surface area contributed by atoms with Gasteiger partial charge in [0.05, 0.1) is 0 Å². The van der Waals surface area contributed by atoms with Crippen molar-refractivity contribution in [2.24, 2.45) is 5.73 Å². The van der Waals surface area contributed by atoms with Crippen molar-refractivity contribution in [3.05, 3.63) is 23.0 Å². The molecule has 0 radical (unpaired) electrons. The molecule has 0 spiro atoms. The monoisotopic (exact) mass is 171 g/mol. The SMILES string of the molecule is C[C@@H](N)c1c(N)ccnc1Cl. The summed E-state index contributed by atoms with van der Waals surface area (Å²) in [7, 11) is 0. The molecule has 3 nitrogen and oxygen atoms in total. The van der Waals surface area contributed by atoms with E-state index in [0.29, 0.717) is 16.4 Å². The van der Waals surface area contributed by atoms with Crippen LogP contribution >= 0.6 is 11.6 Å². The van der Waals surface area contributed by atoms with E-state index in [-0.39, 0.29) is 6.04 Å². The molecule has 0 fully saturated rings. The summed E-state index contributed by atoms with van der Waals surface area (Å²) in [6.07, 6.45) is 1.56. The molecule has 0 bridgehead atoms. The summed E-state index contributed by atoms with van der Waals surface area (Å²) in [6, 6.07) is 1.51. The molecular weight excluding hydrogens is 162 g/mol. The van der Waals surface area contributed by atoms with Crippen LogP contribution in [0.1, 0.15) is 18.5 Å². The Bertz CT molecular complexity index is 240. The molecule has 4 heteroatoms. The molecule has 0 aliphatic rings. The van der Waals surface area contributed by atoms with Gasteiger partial charge < -0.3 is 11.5 Å². The molecule has 0 amide bonds. The highest BCUT2D eigenvalue weighted by molar-refractivity contribution is 6.30. The van der Waals surface area contributed by atoms with Crippen molar-refractivity contribution in [1.29, 1.82) is 0 Å². The highest BCUT2D eigenvalue weighted by atomic mass is 35.5. The van der Waals surface area contributed by atoms with Crippen LogP contribution < -0.4 is 11.5 Å². The highest BCUT2D eigenvalue weighted by Crippen LogP contribution is 2.24. The van der Waals surface area contributed by atoms with Crippen molar-refractivity contribution < 1.29 is 0 Å². The van der Waals surface area contributed by atoms with Crippen LogP contribution in [0.4, 0.5) is 5.69 Å². The van der Waals surface area contributed by atoms with Crippen LogP contribution in [0.3, 0.4) is 0 Å². The van der Waals surface area contributed by atoms with Crippen LogP contribution in [0, 0.1) is 0 Å². The number of nitrogens with zero attached hydrogens (tertiary/aromatic N) is 1. The maximum Gasteiger partial charge on any atom is 0.135 e. The first-order chi connectivity index (χ1) is 5.13. The third kappa shape index (κ3) is 1.61. The van der Waals surface area contributed by atoms with Gasteiger partial charge in [-0.25, -0.2) is 4.98 Å². The van der Waals surface area contributed by atoms with Gasteiger partial charge in [-0.15, -0.1) is 0 Å². The van der Waals surface area contributed by atoms with E-state index >= 15 is 0 Å². The van der Waals surface area contributed by atoms with Crippen molar-refractivity contribution in [1.82, 2.24) is 4.98 Å². The zero-order chi connectivity index (χ0) is 8.43. The van der Waals surface area contributed by atoms with Crippen LogP contribution in [0.2, 0.25) is 5.15 Å². The Balaban J connectivity index is 3.21. The normalized spacial score (nSPS) is 13.0. The Morgan fingerprint density at radius 3 is 2.64 bits per heavy atom. The van der Waals surface area contributed by atoms with E-state index in [1.165, 1.54) is 0 Å². The fourth-order valence-electron chi connectivity index (χ4n) is 0.912. The van der Waals surface area contributed by atoms with Gasteiger partial charge in [0.15, 0.2) is 0 Å². The van der Waals surface area contributed by atoms with Crippen LogP contribution in [-0.2, 0) is 0 Å². The predicted molar refractivity (Wildman–Crippen MR) is 46.3 cm³/mol. The first-order valence-electron chi connectivity index (χ1n) is 3.28. The molecular formula is C7H10ClN3. The molecule has 1 atom stereocenters. The molecule has 0 unspecified atom stereocenters. The number of anilines is 1.